The van der Waals surface area contributed by atoms with E-state index < -0.39 is 18.5 Å². The Kier molecular flexibility index (Phi) is 6.32. The first-order valence-corrected chi connectivity index (χ1v) is 8.05. The molecule has 0 radical (unpaired) electrons. The highest BCUT2D eigenvalue weighted by Crippen LogP contribution is 2.33. The van der Waals surface area contributed by atoms with Gasteiger partial charge in [0.25, 0.3) is 0 Å². The van der Waals surface area contributed by atoms with Crippen LogP contribution >= 0.6 is 0 Å². The molecule has 2 rings (SSSR count). The Morgan fingerprint density at radius 1 is 1.20 bits per heavy atom. The van der Waals surface area contributed by atoms with Gasteiger partial charge in [-0.15, -0.1) is 0 Å². The monoisotopic (exact) mass is 353 g/mol. The van der Waals surface area contributed by atoms with Crippen molar-refractivity contribution in [2.45, 2.75) is 39.5 Å². The largest absolute Gasteiger partial charge is 0.511 e. The number of methoxy groups -OCH3 is 1. The Morgan fingerprint density at radius 2 is 1.92 bits per heavy atom. The van der Waals surface area contributed by atoms with E-state index in [1.54, 1.807) is 4.90 Å². The van der Waals surface area contributed by atoms with Gasteiger partial charge in [0, 0.05) is 19.5 Å². The van der Waals surface area contributed by atoms with Crippen LogP contribution in [0.3, 0.4) is 0 Å². The van der Waals surface area contributed by atoms with Crippen molar-refractivity contribution in [2.24, 2.45) is 0 Å². The normalized spacial score (nSPS) is 14.4. The molecule has 0 fully saturated rings. The van der Waals surface area contributed by atoms with Crippen molar-refractivity contribution in [2.75, 3.05) is 20.4 Å². The van der Waals surface area contributed by atoms with Crippen LogP contribution in [0.25, 0.3) is 0 Å². The first-order valence-electron chi connectivity index (χ1n) is 8.05. The van der Waals surface area contributed by atoms with E-state index in [1.165, 1.54) is 14.0 Å². The number of amides is 1. The summed E-state index contributed by atoms with van der Waals surface area (Å²) >= 11 is 0. The molecule has 2 atom stereocenters. The number of nitrogens with zero attached hydrogens (tertiary/aromatic N) is 1. The molecular formula is C17H23NO7. The summed E-state index contributed by atoms with van der Waals surface area (Å²) in [7, 11) is 1.18. The molecule has 0 spiro atoms. The van der Waals surface area contributed by atoms with Crippen molar-refractivity contribution in [3.63, 3.8) is 0 Å². The van der Waals surface area contributed by atoms with Gasteiger partial charge < -0.3 is 28.6 Å². The van der Waals surface area contributed by atoms with Gasteiger partial charge in [-0.05, 0) is 38.0 Å². The minimum atomic E-state index is -1.04. The summed E-state index contributed by atoms with van der Waals surface area (Å²) in [6.07, 6.45) is -1.89. The van der Waals surface area contributed by atoms with Crippen molar-refractivity contribution in [3.8, 4) is 11.5 Å². The second kappa shape index (κ2) is 8.46. The average molecular weight is 353 g/mol. The number of rotatable bonds is 6. The van der Waals surface area contributed by atoms with E-state index in [1.807, 2.05) is 32.0 Å². The van der Waals surface area contributed by atoms with E-state index in [0.717, 1.165) is 11.3 Å². The molecule has 138 valence electrons. The second-order valence-corrected chi connectivity index (χ2v) is 5.55. The van der Waals surface area contributed by atoms with Gasteiger partial charge in [0.1, 0.15) is 0 Å². The molecular weight excluding hydrogens is 330 g/mol. The van der Waals surface area contributed by atoms with Crippen LogP contribution in [-0.4, -0.2) is 49.9 Å². The molecule has 0 saturated carbocycles. The molecule has 25 heavy (non-hydrogen) atoms. The van der Waals surface area contributed by atoms with E-state index in [2.05, 4.69) is 4.74 Å². The second-order valence-electron chi connectivity index (χ2n) is 5.55. The molecule has 0 aromatic heterocycles. The Balaban J connectivity index is 1.94. The van der Waals surface area contributed by atoms with Gasteiger partial charge in [-0.25, -0.2) is 9.59 Å². The molecule has 0 N–H and O–H groups in total. The maximum absolute atomic E-state index is 12.3. The minimum absolute atomic E-state index is 0.122. The summed E-state index contributed by atoms with van der Waals surface area (Å²) < 4.78 is 24.9. The first-order chi connectivity index (χ1) is 11.9. The van der Waals surface area contributed by atoms with E-state index in [0.29, 0.717) is 18.7 Å². The third kappa shape index (κ3) is 4.91. The van der Waals surface area contributed by atoms with Gasteiger partial charge >= 0.3 is 12.2 Å². The highest BCUT2D eigenvalue weighted by atomic mass is 16.8. The minimum Gasteiger partial charge on any atom is -0.454 e. The summed E-state index contributed by atoms with van der Waals surface area (Å²) in [5.74, 6) is 1.42. The smallest absolute Gasteiger partial charge is 0.454 e. The fraction of sp³-hybridized carbons (Fsp3) is 0.529. The molecule has 1 aromatic rings. The molecule has 8 nitrogen and oxygen atoms in total. The SMILES string of the molecule is CCN(C(=O)OC(C)OC(=O)OC)C(C)Cc1ccc2c(c1)OCO2. The van der Waals surface area contributed by atoms with E-state index in [4.69, 9.17) is 18.9 Å². The highest BCUT2D eigenvalue weighted by Gasteiger charge is 2.24. The predicted octanol–water partition coefficient (Wildman–Crippen LogP) is 2.93. The third-order valence-electron chi connectivity index (χ3n) is 3.77. The number of hydrogen-bond acceptors (Lipinski definition) is 7. The molecule has 1 aliphatic rings. The first kappa shape index (κ1) is 18.7. The average Bonchev–Trinajstić information content (AvgIpc) is 3.02. The fourth-order valence-electron chi connectivity index (χ4n) is 2.56. The van der Waals surface area contributed by atoms with Crippen LogP contribution in [-0.2, 0) is 20.6 Å². The Labute approximate surface area is 146 Å². The van der Waals surface area contributed by atoms with Gasteiger partial charge in [0.05, 0.1) is 7.11 Å². The van der Waals surface area contributed by atoms with Crippen LogP contribution in [0.5, 0.6) is 11.5 Å². The maximum atomic E-state index is 12.3. The van der Waals surface area contributed by atoms with Crippen LogP contribution in [0.15, 0.2) is 18.2 Å². The van der Waals surface area contributed by atoms with Crippen LogP contribution in [0, 0.1) is 0 Å². The molecule has 8 heteroatoms. The van der Waals surface area contributed by atoms with Crippen molar-refractivity contribution in [1.29, 1.82) is 0 Å². The number of carbonyl (C=O) groups excluding carboxylic acids is 2. The zero-order valence-corrected chi connectivity index (χ0v) is 14.8. The lowest BCUT2D eigenvalue weighted by molar-refractivity contribution is -0.0804. The van der Waals surface area contributed by atoms with Crippen molar-refractivity contribution >= 4 is 12.2 Å². The molecule has 2 unspecified atom stereocenters. The predicted molar refractivity (Wildman–Crippen MR) is 87.5 cm³/mol. The summed E-state index contributed by atoms with van der Waals surface area (Å²) in [5, 5.41) is 0. The van der Waals surface area contributed by atoms with Crippen molar-refractivity contribution < 1.29 is 33.3 Å². The maximum Gasteiger partial charge on any atom is 0.511 e. The summed E-state index contributed by atoms with van der Waals surface area (Å²) in [4.78, 5) is 24.9. The summed E-state index contributed by atoms with van der Waals surface area (Å²) in [5.41, 5.74) is 1.02. The fourth-order valence-corrected chi connectivity index (χ4v) is 2.56. The van der Waals surface area contributed by atoms with E-state index >= 15 is 0 Å². The molecule has 0 bridgehead atoms. The Hall–Kier alpha value is -2.64. The Morgan fingerprint density at radius 3 is 2.60 bits per heavy atom. The lowest BCUT2D eigenvalue weighted by Crippen LogP contribution is -2.41. The zero-order chi connectivity index (χ0) is 18.4. The zero-order valence-electron chi connectivity index (χ0n) is 14.8. The molecule has 1 heterocycles. The Bertz CT molecular complexity index is 619. The number of ether oxygens (including phenoxy) is 5. The van der Waals surface area contributed by atoms with Gasteiger partial charge in [0.15, 0.2) is 11.5 Å². The van der Waals surface area contributed by atoms with E-state index in [-0.39, 0.29) is 12.8 Å². The molecule has 1 aliphatic heterocycles. The molecule has 0 saturated heterocycles. The number of fused-ring (bicyclic) bond motifs is 1. The molecule has 1 aromatic carbocycles. The van der Waals surface area contributed by atoms with Gasteiger partial charge in [-0.2, -0.15) is 0 Å². The van der Waals surface area contributed by atoms with Gasteiger partial charge in [0.2, 0.25) is 13.1 Å². The van der Waals surface area contributed by atoms with Crippen LogP contribution in [0.4, 0.5) is 9.59 Å². The summed E-state index contributed by atoms with van der Waals surface area (Å²) in [6, 6.07) is 5.57. The van der Waals surface area contributed by atoms with Crippen LogP contribution in [0.2, 0.25) is 0 Å². The number of benzene rings is 1. The van der Waals surface area contributed by atoms with Crippen LogP contribution in [0.1, 0.15) is 26.3 Å². The van der Waals surface area contributed by atoms with Crippen LogP contribution < -0.4 is 9.47 Å². The van der Waals surface area contributed by atoms with Crippen molar-refractivity contribution in [1.82, 2.24) is 4.90 Å². The quantitative estimate of drug-likeness (QED) is 0.574. The molecule has 1 amide bonds. The van der Waals surface area contributed by atoms with Gasteiger partial charge in [-0.3, -0.25) is 0 Å². The number of hydrogen-bond donors (Lipinski definition) is 0. The lowest BCUT2D eigenvalue weighted by Gasteiger charge is -2.28. The third-order valence-corrected chi connectivity index (χ3v) is 3.77. The number of likely N-dealkylation sites (N-methyl/N-ethyl adjacent to an activating group) is 1. The van der Waals surface area contributed by atoms with Gasteiger partial charge in [-0.1, -0.05) is 6.07 Å². The molecule has 0 aliphatic carbocycles. The summed E-state index contributed by atoms with van der Waals surface area (Å²) in [6.45, 7) is 5.89. The van der Waals surface area contributed by atoms with E-state index in [9.17, 15) is 9.59 Å². The topological polar surface area (TPSA) is 83.5 Å². The standard InChI is InChI=1S/C17H23NO7/c1-5-18(16(19)24-12(3)25-17(20)21-4)11(2)8-13-6-7-14-15(9-13)23-10-22-14/h6-7,9,11-12H,5,8,10H2,1-4H3. The van der Waals surface area contributed by atoms with Crippen molar-refractivity contribution in [3.05, 3.63) is 23.8 Å². The number of carbonyl (C=O) groups is 2. The lowest BCUT2D eigenvalue weighted by atomic mass is 10.1. The highest BCUT2D eigenvalue weighted by molar-refractivity contribution is 5.68.